The number of thioether (sulfide) groups is 1. The molecule has 2 nitrogen and oxygen atoms in total. The van der Waals surface area contributed by atoms with Gasteiger partial charge in [-0.2, -0.15) is 11.8 Å². The van der Waals surface area contributed by atoms with Crippen LogP contribution in [0.2, 0.25) is 0 Å². The molecule has 1 aliphatic rings. The lowest BCUT2D eigenvalue weighted by molar-refractivity contribution is 0.513. The van der Waals surface area contributed by atoms with Gasteiger partial charge in [-0.15, -0.1) is 11.6 Å². The molecule has 0 amide bonds. The molecule has 2 aromatic rings. The summed E-state index contributed by atoms with van der Waals surface area (Å²) in [5, 5.41) is 0.810. The van der Waals surface area contributed by atoms with Gasteiger partial charge in [-0.05, 0) is 43.6 Å². The molecular formula is C17H23ClN2S. The van der Waals surface area contributed by atoms with Crippen LogP contribution in [0.1, 0.15) is 43.6 Å². The smallest absolute Gasteiger partial charge is 0.111 e. The number of aryl methyl sites for hydroxylation is 2. The van der Waals surface area contributed by atoms with Gasteiger partial charge in [0.05, 0.1) is 11.0 Å². The van der Waals surface area contributed by atoms with Crippen molar-refractivity contribution in [2.24, 2.45) is 0 Å². The van der Waals surface area contributed by atoms with Crippen molar-refractivity contribution in [3.05, 3.63) is 29.6 Å². The van der Waals surface area contributed by atoms with Crippen molar-refractivity contribution >= 4 is 34.4 Å². The number of hydrogen-bond donors (Lipinski definition) is 0. The average Bonchev–Trinajstić information content (AvgIpc) is 3.04. The molecule has 21 heavy (non-hydrogen) atoms. The zero-order valence-electron chi connectivity index (χ0n) is 12.8. The van der Waals surface area contributed by atoms with Crippen LogP contribution >= 0.6 is 23.4 Å². The summed E-state index contributed by atoms with van der Waals surface area (Å²) in [7, 11) is 0. The molecule has 0 saturated heterocycles. The maximum atomic E-state index is 6.00. The normalized spacial score (nSPS) is 22.2. The van der Waals surface area contributed by atoms with E-state index in [-0.39, 0.29) is 0 Å². The lowest BCUT2D eigenvalue weighted by atomic mass is 10.1. The number of benzene rings is 1. The summed E-state index contributed by atoms with van der Waals surface area (Å²) in [5.41, 5.74) is 3.78. The number of rotatable bonds is 5. The second-order valence-corrected chi connectivity index (χ2v) is 7.78. The van der Waals surface area contributed by atoms with Crippen LogP contribution < -0.4 is 0 Å². The number of halogens is 1. The quantitative estimate of drug-likeness (QED) is 0.723. The zero-order chi connectivity index (χ0) is 14.8. The van der Waals surface area contributed by atoms with E-state index < -0.39 is 0 Å². The van der Waals surface area contributed by atoms with Crippen molar-refractivity contribution in [1.82, 2.24) is 9.55 Å². The van der Waals surface area contributed by atoms with Crippen LogP contribution in [0.3, 0.4) is 0 Å². The van der Waals surface area contributed by atoms with Crippen LogP contribution in [0.4, 0.5) is 0 Å². The zero-order valence-corrected chi connectivity index (χ0v) is 14.4. The van der Waals surface area contributed by atoms with Gasteiger partial charge in [0.25, 0.3) is 0 Å². The highest BCUT2D eigenvalue weighted by molar-refractivity contribution is 7.99. The van der Waals surface area contributed by atoms with E-state index in [1.54, 1.807) is 0 Å². The molecule has 0 N–H and O–H groups in total. The fraction of sp³-hybridized carbons (Fsp3) is 0.588. The molecule has 1 saturated carbocycles. The van der Waals surface area contributed by atoms with E-state index in [0.717, 1.165) is 17.2 Å². The fourth-order valence-corrected chi connectivity index (χ4v) is 4.86. The maximum absolute atomic E-state index is 6.00. The van der Waals surface area contributed by atoms with Gasteiger partial charge in [0, 0.05) is 23.6 Å². The Morgan fingerprint density at radius 2 is 2.24 bits per heavy atom. The highest BCUT2D eigenvalue weighted by atomic mass is 35.5. The number of para-hydroxylation sites is 1. The van der Waals surface area contributed by atoms with Gasteiger partial charge in [0.1, 0.15) is 5.82 Å². The minimum atomic E-state index is 0.596. The van der Waals surface area contributed by atoms with Gasteiger partial charge in [-0.3, -0.25) is 0 Å². The number of fused-ring (bicyclic) bond motifs is 1. The van der Waals surface area contributed by atoms with Crippen LogP contribution in [0.15, 0.2) is 18.2 Å². The number of alkyl halides is 1. The minimum Gasteiger partial charge on any atom is -0.325 e. The highest BCUT2D eigenvalue weighted by Crippen LogP contribution is 2.39. The third kappa shape index (κ3) is 2.95. The fourth-order valence-electron chi connectivity index (χ4n) is 3.56. The van der Waals surface area contributed by atoms with Crippen LogP contribution in [-0.2, 0) is 6.42 Å². The third-order valence-corrected chi connectivity index (χ3v) is 5.85. The molecule has 1 aromatic carbocycles. The Kier molecular flexibility index (Phi) is 4.80. The van der Waals surface area contributed by atoms with Gasteiger partial charge in [-0.1, -0.05) is 19.1 Å². The molecule has 2 unspecified atom stereocenters. The van der Waals surface area contributed by atoms with Crippen LogP contribution in [0.25, 0.3) is 11.0 Å². The van der Waals surface area contributed by atoms with Gasteiger partial charge in [-0.25, -0.2) is 4.98 Å². The third-order valence-electron chi connectivity index (χ3n) is 4.43. The first kappa shape index (κ1) is 15.2. The summed E-state index contributed by atoms with van der Waals surface area (Å²) in [4.78, 5) is 4.85. The number of nitrogens with zero attached hydrogens (tertiary/aromatic N) is 2. The van der Waals surface area contributed by atoms with E-state index >= 15 is 0 Å². The van der Waals surface area contributed by atoms with Crippen molar-refractivity contribution in [2.45, 2.75) is 50.8 Å². The summed E-state index contributed by atoms with van der Waals surface area (Å²) in [5.74, 6) is 3.03. The molecule has 114 valence electrons. The lowest BCUT2D eigenvalue weighted by Gasteiger charge is -2.18. The molecule has 1 aliphatic carbocycles. The second kappa shape index (κ2) is 6.62. The number of hydrogen-bond acceptors (Lipinski definition) is 2. The summed E-state index contributed by atoms with van der Waals surface area (Å²) in [6, 6.07) is 7.02. The molecule has 2 atom stereocenters. The summed E-state index contributed by atoms with van der Waals surface area (Å²) in [6.45, 7) is 4.45. The lowest BCUT2D eigenvalue weighted by Crippen LogP contribution is -2.11. The van der Waals surface area contributed by atoms with Crippen molar-refractivity contribution < 1.29 is 0 Å². The maximum Gasteiger partial charge on any atom is 0.111 e. The molecule has 0 spiro atoms. The van der Waals surface area contributed by atoms with Crippen molar-refractivity contribution in [3.8, 4) is 0 Å². The molecule has 0 aliphatic heterocycles. The summed E-state index contributed by atoms with van der Waals surface area (Å²) < 4.78 is 2.50. The first-order chi connectivity index (χ1) is 10.2. The van der Waals surface area contributed by atoms with E-state index in [9.17, 15) is 0 Å². The molecule has 1 heterocycles. The summed E-state index contributed by atoms with van der Waals surface area (Å²) >= 11 is 8.11. The molecule has 0 radical (unpaired) electrons. The van der Waals surface area contributed by atoms with E-state index in [0.29, 0.717) is 11.9 Å². The Balaban J connectivity index is 2.01. The van der Waals surface area contributed by atoms with Crippen molar-refractivity contribution in [1.29, 1.82) is 0 Å². The van der Waals surface area contributed by atoms with E-state index in [2.05, 4.69) is 48.4 Å². The van der Waals surface area contributed by atoms with Gasteiger partial charge < -0.3 is 4.57 Å². The van der Waals surface area contributed by atoms with Crippen LogP contribution in [0, 0.1) is 6.92 Å². The second-order valence-electron chi connectivity index (χ2n) is 5.82. The predicted octanol–water partition coefficient (Wildman–Crippen LogP) is 4.97. The van der Waals surface area contributed by atoms with Gasteiger partial charge in [0.15, 0.2) is 0 Å². The highest BCUT2D eigenvalue weighted by Gasteiger charge is 2.29. The molecule has 1 fully saturated rings. The van der Waals surface area contributed by atoms with E-state index in [1.165, 1.54) is 41.9 Å². The average molecular weight is 323 g/mol. The molecule has 0 bridgehead atoms. The number of imidazole rings is 1. The van der Waals surface area contributed by atoms with Crippen molar-refractivity contribution in [2.75, 3.05) is 11.6 Å². The molecule has 4 heteroatoms. The standard InChI is InChI=1S/C17H23ClN2S/c1-3-21-14-8-7-13(11-14)20-16(9-10-18)19-15-6-4-5-12(2)17(15)20/h4-6,13-14H,3,7-11H2,1-2H3. The topological polar surface area (TPSA) is 17.8 Å². The molecule has 3 rings (SSSR count). The van der Waals surface area contributed by atoms with Crippen LogP contribution in [0.5, 0.6) is 0 Å². The first-order valence-electron chi connectivity index (χ1n) is 7.88. The molecular weight excluding hydrogens is 300 g/mol. The first-order valence-corrected chi connectivity index (χ1v) is 9.47. The largest absolute Gasteiger partial charge is 0.325 e. The van der Waals surface area contributed by atoms with Gasteiger partial charge in [0.2, 0.25) is 0 Å². The monoisotopic (exact) mass is 322 g/mol. The Morgan fingerprint density at radius 3 is 3.00 bits per heavy atom. The van der Waals surface area contributed by atoms with E-state index in [4.69, 9.17) is 16.6 Å². The summed E-state index contributed by atoms with van der Waals surface area (Å²) in [6.07, 6.45) is 4.73. The SMILES string of the molecule is CCSC1CCC(n2c(CCCl)nc3cccc(C)c32)C1. The number of aromatic nitrogens is 2. The van der Waals surface area contributed by atoms with E-state index in [1.807, 2.05) is 0 Å². The van der Waals surface area contributed by atoms with Crippen molar-refractivity contribution in [3.63, 3.8) is 0 Å². The Bertz CT molecular complexity index is 623. The Hall–Kier alpha value is -0.670. The van der Waals surface area contributed by atoms with Gasteiger partial charge >= 0.3 is 0 Å². The Morgan fingerprint density at radius 1 is 1.38 bits per heavy atom. The predicted molar refractivity (Wildman–Crippen MR) is 93.7 cm³/mol. The Labute approximate surface area is 136 Å². The minimum absolute atomic E-state index is 0.596. The molecule has 1 aromatic heterocycles. The van der Waals surface area contributed by atoms with Crippen LogP contribution in [-0.4, -0.2) is 26.4 Å².